The fourth-order valence-electron chi connectivity index (χ4n) is 1.61. The Morgan fingerprint density at radius 2 is 1.64 bits per heavy atom. The molecule has 0 aliphatic rings. The number of halogens is 1. The highest BCUT2D eigenvalue weighted by Gasteiger charge is 2.32. The van der Waals surface area contributed by atoms with Crippen molar-refractivity contribution in [2.45, 2.75) is 25.8 Å². The maximum absolute atomic E-state index is 9.17. The Hall–Kier alpha value is 0.387. The Morgan fingerprint density at radius 1 is 1.14 bits per heavy atom. The summed E-state index contributed by atoms with van der Waals surface area (Å²) in [7, 11) is -2.21. The van der Waals surface area contributed by atoms with Gasteiger partial charge in [-0.1, -0.05) is 6.92 Å². The van der Waals surface area contributed by atoms with E-state index >= 15 is 0 Å². The summed E-state index contributed by atoms with van der Waals surface area (Å²) < 4.78 is 0. The number of hydrogen-bond donors (Lipinski definition) is 3. The molecule has 1 atom stereocenters. The minimum Gasteiger partial charge on any atom is -0.399 e. The lowest BCUT2D eigenvalue weighted by Crippen LogP contribution is -2.49. The largest absolute Gasteiger partial charge is 0.399 e. The average molecular weight is 241 g/mol. The van der Waals surface area contributed by atoms with Crippen LogP contribution >= 0.6 is 11.6 Å². The number of alkyl halides is 1. The second-order valence-electron chi connectivity index (χ2n) is 4.11. The minimum absolute atomic E-state index is 0.0365. The first-order valence-corrected chi connectivity index (χ1v) is 8.39. The van der Waals surface area contributed by atoms with Crippen molar-refractivity contribution in [3.05, 3.63) is 0 Å². The summed E-state index contributed by atoms with van der Waals surface area (Å²) in [5, 5.41) is 27.5. The van der Waals surface area contributed by atoms with Gasteiger partial charge >= 0.3 is 0 Å². The summed E-state index contributed by atoms with van der Waals surface area (Å²) in [6, 6.07) is 0.771. The van der Waals surface area contributed by atoms with Crippen LogP contribution in [-0.4, -0.2) is 48.0 Å². The van der Waals surface area contributed by atoms with Gasteiger partial charge in [-0.3, -0.25) is 0 Å². The van der Waals surface area contributed by atoms with Crippen molar-refractivity contribution in [2.75, 3.05) is 24.6 Å². The molecule has 5 heteroatoms. The molecular formula is C9H21ClO3Si. The van der Waals surface area contributed by atoms with Crippen molar-refractivity contribution in [2.24, 2.45) is 5.92 Å². The normalized spacial score (nSPS) is 14.4. The Labute approximate surface area is 91.7 Å². The van der Waals surface area contributed by atoms with Crippen LogP contribution in [0.25, 0.3) is 0 Å². The zero-order valence-corrected chi connectivity index (χ0v) is 10.5. The molecule has 3 nitrogen and oxygen atoms in total. The van der Waals surface area contributed by atoms with Crippen molar-refractivity contribution in [1.29, 1.82) is 0 Å². The maximum Gasteiger partial charge on any atom is 0.140 e. The molecule has 0 aliphatic heterocycles. The SMILES string of the molecule is CC(CCCCl)C[Si](CO)(CO)CO. The highest BCUT2D eigenvalue weighted by atomic mass is 35.5. The van der Waals surface area contributed by atoms with E-state index in [2.05, 4.69) is 6.92 Å². The van der Waals surface area contributed by atoms with Gasteiger partial charge in [0.1, 0.15) is 8.07 Å². The van der Waals surface area contributed by atoms with Crippen LogP contribution in [0.1, 0.15) is 19.8 Å². The molecular weight excluding hydrogens is 220 g/mol. The third kappa shape index (κ3) is 4.75. The van der Waals surface area contributed by atoms with Crippen LogP contribution in [0.15, 0.2) is 0 Å². The molecule has 0 heterocycles. The first-order chi connectivity index (χ1) is 6.64. The molecule has 3 N–H and O–H groups in total. The molecule has 0 spiro atoms. The first-order valence-electron chi connectivity index (χ1n) is 5.02. The monoisotopic (exact) mass is 240 g/mol. The van der Waals surface area contributed by atoms with Gasteiger partial charge in [-0.25, -0.2) is 0 Å². The number of aliphatic hydroxyl groups excluding tert-OH is 3. The molecule has 0 rings (SSSR count). The summed E-state index contributed by atoms with van der Waals surface area (Å²) >= 11 is 5.58. The van der Waals surface area contributed by atoms with Crippen molar-refractivity contribution < 1.29 is 15.3 Å². The number of hydrogen-bond acceptors (Lipinski definition) is 3. The molecule has 0 amide bonds. The molecule has 0 radical (unpaired) electrons. The van der Waals surface area contributed by atoms with E-state index in [0.717, 1.165) is 18.9 Å². The van der Waals surface area contributed by atoms with Gasteiger partial charge in [0, 0.05) is 24.6 Å². The predicted molar refractivity (Wildman–Crippen MR) is 60.9 cm³/mol. The third-order valence-corrected chi connectivity index (χ3v) is 6.46. The predicted octanol–water partition coefficient (Wildman–Crippen LogP) is 0.685. The van der Waals surface area contributed by atoms with E-state index in [4.69, 9.17) is 26.9 Å². The molecule has 0 aliphatic carbocycles. The van der Waals surface area contributed by atoms with Gasteiger partial charge in [0.05, 0.1) is 0 Å². The van der Waals surface area contributed by atoms with Gasteiger partial charge in [-0.15, -0.1) is 11.6 Å². The van der Waals surface area contributed by atoms with Crippen molar-refractivity contribution in [3.8, 4) is 0 Å². The van der Waals surface area contributed by atoms with Crippen LogP contribution in [-0.2, 0) is 0 Å². The van der Waals surface area contributed by atoms with E-state index in [1.54, 1.807) is 0 Å². The molecule has 14 heavy (non-hydrogen) atoms. The zero-order valence-electron chi connectivity index (χ0n) is 8.75. The second kappa shape index (κ2) is 7.65. The van der Waals surface area contributed by atoms with E-state index in [1.165, 1.54) is 0 Å². The maximum atomic E-state index is 9.17. The molecule has 1 unspecified atom stereocenters. The average Bonchev–Trinajstić information content (AvgIpc) is 2.23. The fourth-order valence-corrected chi connectivity index (χ4v) is 4.13. The van der Waals surface area contributed by atoms with Crippen LogP contribution in [0.5, 0.6) is 0 Å². The topological polar surface area (TPSA) is 60.7 Å². The summed E-state index contributed by atoms with van der Waals surface area (Å²) in [6.07, 6.45) is 1.84. The number of aliphatic hydroxyl groups is 3. The summed E-state index contributed by atoms with van der Waals surface area (Å²) in [5.74, 6) is 1.07. The van der Waals surface area contributed by atoms with E-state index in [1.807, 2.05) is 0 Å². The molecule has 0 fully saturated rings. The van der Waals surface area contributed by atoms with E-state index in [0.29, 0.717) is 11.8 Å². The van der Waals surface area contributed by atoms with Gasteiger partial charge < -0.3 is 15.3 Å². The molecule has 0 aromatic heterocycles. The summed E-state index contributed by atoms with van der Waals surface area (Å²) in [6.45, 7) is 2.08. The zero-order chi connectivity index (χ0) is 11.0. The minimum atomic E-state index is -2.21. The quantitative estimate of drug-likeness (QED) is 0.432. The van der Waals surface area contributed by atoms with Crippen LogP contribution in [0, 0.1) is 5.92 Å². The summed E-state index contributed by atoms with van der Waals surface area (Å²) in [5.41, 5.74) is 0. The highest BCUT2D eigenvalue weighted by molar-refractivity contribution is 6.79. The van der Waals surface area contributed by atoms with Gasteiger partial charge in [-0.2, -0.15) is 0 Å². The van der Waals surface area contributed by atoms with Crippen LogP contribution in [0.3, 0.4) is 0 Å². The lowest BCUT2D eigenvalue weighted by Gasteiger charge is -2.27. The van der Waals surface area contributed by atoms with Crippen LogP contribution < -0.4 is 0 Å². The fraction of sp³-hybridized carbons (Fsp3) is 1.00. The molecule has 86 valence electrons. The third-order valence-electron chi connectivity index (χ3n) is 2.62. The molecule has 0 aromatic rings. The van der Waals surface area contributed by atoms with Crippen LogP contribution in [0.2, 0.25) is 6.04 Å². The van der Waals surface area contributed by atoms with Crippen molar-refractivity contribution >= 4 is 19.7 Å². The lowest BCUT2D eigenvalue weighted by molar-refractivity contribution is 0.283. The molecule has 0 saturated heterocycles. The van der Waals surface area contributed by atoms with E-state index in [9.17, 15) is 0 Å². The van der Waals surface area contributed by atoms with Gasteiger partial charge in [0.2, 0.25) is 0 Å². The smallest absolute Gasteiger partial charge is 0.140 e. The Bertz CT molecular complexity index is 134. The van der Waals surface area contributed by atoms with Gasteiger partial charge in [0.25, 0.3) is 0 Å². The van der Waals surface area contributed by atoms with E-state index < -0.39 is 8.07 Å². The second-order valence-corrected chi connectivity index (χ2v) is 8.85. The first kappa shape index (κ1) is 14.4. The molecule has 0 saturated carbocycles. The Kier molecular flexibility index (Phi) is 7.86. The summed E-state index contributed by atoms with van der Waals surface area (Å²) in [4.78, 5) is 0. The Balaban J connectivity index is 4.01. The number of rotatable bonds is 8. The molecule has 0 bridgehead atoms. The van der Waals surface area contributed by atoms with Gasteiger partial charge in [0.15, 0.2) is 0 Å². The van der Waals surface area contributed by atoms with Gasteiger partial charge in [-0.05, 0) is 24.8 Å². The van der Waals surface area contributed by atoms with E-state index in [-0.39, 0.29) is 18.7 Å². The standard InChI is InChI=1S/C9H21ClO3Si/c1-9(3-2-4-10)5-14(6-11,7-12)8-13/h9,11-13H,2-8H2,1H3. The lowest BCUT2D eigenvalue weighted by atomic mass is 10.1. The highest BCUT2D eigenvalue weighted by Crippen LogP contribution is 2.20. The van der Waals surface area contributed by atoms with Crippen molar-refractivity contribution in [1.82, 2.24) is 0 Å². The molecule has 0 aromatic carbocycles. The van der Waals surface area contributed by atoms with Crippen LogP contribution in [0.4, 0.5) is 0 Å². The Morgan fingerprint density at radius 3 is 2.00 bits per heavy atom. The van der Waals surface area contributed by atoms with Crippen molar-refractivity contribution in [3.63, 3.8) is 0 Å².